The van der Waals surface area contributed by atoms with Crippen LogP contribution in [-0.4, -0.2) is 31.4 Å². The van der Waals surface area contributed by atoms with Gasteiger partial charge in [0.2, 0.25) is 10.0 Å². The smallest absolute Gasteiger partial charge is 0.246 e. The normalized spacial score (nSPS) is 12.3. The molecular formula is C9H15NO4S. The van der Waals surface area contributed by atoms with E-state index in [0.717, 1.165) is 0 Å². The molecule has 0 saturated carbocycles. The molecule has 0 spiro atoms. The zero-order chi connectivity index (χ0) is 11.6. The first kappa shape index (κ1) is 12.2. The van der Waals surface area contributed by atoms with Gasteiger partial charge in [0, 0.05) is 19.7 Å². The van der Waals surface area contributed by atoms with E-state index in [0.29, 0.717) is 12.3 Å². The van der Waals surface area contributed by atoms with Crippen molar-refractivity contribution < 1.29 is 17.9 Å². The van der Waals surface area contributed by atoms with Crippen molar-refractivity contribution >= 4 is 10.0 Å². The molecule has 86 valence electrons. The van der Waals surface area contributed by atoms with Gasteiger partial charge >= 0.3 is 0 Å². The molecule has 0 aliphatic carbocycles. The zero-order valence-corrected chi connectivity index (χ0v) is 9.84. The van der Waals surface area contributed by atoms with E-state index in [1.807, 2.05) is 0 Å². The van der Waals surface area contributed by atoms with Crippen LogP contribution in [0.5, 0.6) is 0 Å². The second kappa shape index (κ2) is 4.34. The van der Waals surface area contributed by atoms with Gasteiger partial charge in [-0.2, -0.15) is 0 Å². The average Bonchev–Trinajstić information content (AvgIpc) is 2.58. The standard InChI is InChI=1S/C9H15NO4S/c1-4-10(3)15(12,13)9-5-8(6-11)14-7(9)2/h5,11H,4,6H2,1-3H3. The molecule has 0 atom stereocenters. The quantitative estimate of drug-likeness (QED) is 0.832. The van der Waals surface area contributed by atoms with Crippen LogP contribution in [0.4, 0.5) is 0 Å². The number of sulfonamides is 1. The van der Waals surface area contributed by atoms with Gasteiger partial charge in [-0.25, -0.2) is 12.7 Å². The Balaban J connectivity index is 3.21. The molecule has 0 bridgehead atoms. The average molecular weight is 233 g/mol. The summed E-state index contributed by atoms with van der Waals surface area (Å²) in [6.45, 7) is 3.41. The van der Waals surface area contributed by atoms with Crippen LogP contribution in [0.25, 0.3) is 0 Å². The largest absolute Gasteiger partial charge is 0.462 e. The monoisotopic (exact) mass is 233 g/mol. The second-order valence-corrected chi connectivity index (χ2v) is 5.22. The summed E-state index contributed by atoms with van der Waals surface area (Å²) in [6.07, 6.45) is 0. The third-order valence-corrected chi connectivity index (χ3v) is 4.25. The molecule has 0 unspecified atom stereocenters. The summed E-state index contributed by atoms with van der Waals surface area (Å²) in [7, 11) is -1.98. The number of aliphatic hydroxyl groups excluding tert-OH is 1. The predicted molar refractivity (Wildman–Crippen MR) is 54.9 cm³/mol. The predicted octanol–water partition coefficient (Wildman–Crippen LogP) is 0.721. The van der Waals surface area contributed by atoms with E-state index in [-0.39, 0.29) is 17.3 Å². The summed E-state index contributed by atoms with van der Waals surface area (Å²) in [6, 6.07) is 1.36. The molecule has 0 aliphatic rings. The molecule has 0 saturated heterocycles. The lowest BCUT2D eigenvalue weighted by Gasteiger charge is -2.13. The van der Waals surface area contributed by atoms with E-state index in [2.05, 4.69) is 0 Å². The highest BCUT2D eigenvalue weighted by atomic mass is 32.2. The maximum absolute atomic E-state index is 11.9. The lowest BCUT2D eigenvalue weighted by Crippen LogP contribution is -2.26. The maximum atomic E-state index is 11.9. The molecular weight excluding hydrogens is 218 g/mol. The molecule has 1 heterocycles. The van der Waals surface area contributed by atoms with Crippen LogP contribution in [0, 0.1) is 6.92 Å². The minimum absolute atomic E-state index is 0.121. The first-order valence-electron chi connectivity index (χ1n) is 4.60. The number of rotatable bonds is 4. The number of hydrogen-bond donors (Lipinski definition) is 1. The number of aliphatic hydroxyl groups is 1. The summed E-state index contributed by atoms with van der Waals surface area (Å²) in [4.78, 5) is 0.121. The fourth-order valence-corrected chi connectivity index (χ4v) is 2.56. The highest BCUT2D eigenvalue weighted by Crippen LogP contribution is 2.22. The van der Waals surface area contributed by atoms with Gasteiger partial charge in [0.05, 0.1) is 0 Å². The van der Waals surface area contributed by atoms with Gasteiger partial charge < -0.3 is 9.52 Å². The van der Waals surface area contributed by atoms with Crippen LogP contribution in [0.15, 0.2) is 15.4 Å². The third-order valence-electron chi connectivity index (χ3n) is 2.21. The van der Waals surface area contributed by atoms with Crippen LogP contribution in [0.2, 0.25) is 0 Å². The molecule has 0 aromatic carbocycles. The van der Waals surface area contributed by atoms with E-state index in [9.17, 15) is 8.42 Å². The van der Waals surface area contributed by atoms with Gasteiger partial charge in [-0.15, -0.1) is 0 Å². The number of hydrogen-bond acceptors (Lipinski definition) is 4. The zero-order valence-electron chi connectivity index (χ0n) is 9.02. The summed E-state index contributed by atoms with van der Waals surface area (Å²) >= 11 is 0. The molecule has 15 heavy (non-hydrogen) atoms. The minimum Gasteiger partial charge on any atom is -0.462 e. The molecule has 6 heteroatoms. The highest BCUT2D eigenvalue weighted by molar-refractivity contribution is 7.89. The molecule has 1 aromatic heterocycles. The molecule has 0 radical (unpaired) electrons. The fourth-order valence-electron chi connectivity index (χ4n) is 1.20. The second-order valence-electron chi connectivity index (χ2n) is 3.21. The van der Waals surface area contributed by atoms with E-state index in [4.69, 9.17) is 9.52 Å². The minimum atomic E-state index is -3.48. The third kappa shape index (κ3) is 2.22. The Kier molecular flexibility index (Phi) is 3.54. The van der Waals surface area contributed by atoms with Crippen molar-refractivity contribution in [3.8, 4) is 0 Å². The first-order valence-corrected chi connectivity index (χ1v) is 6.04. The molecule has 1 rings (SSSR count). The Morgan fingerprint density at radius 3 is 2.53 bits per heavy atom. The van der Waals surface area contributed by atoms with Crippen molar-refractivity contribution in [2.45, 2.75) is 25.3 Å². The van der Waals surface area contributed by atoms with Crippen molar-refractivity contribution in [3.05, 3.63) is 17.6 Å². The van der Waals surface area contributed by atoms with E-state index >= 15 is 0 Å². The van der Waals surface area contributed by atoms with E-state index in [1.54, 1.807) is 13.8 Å². The Morgan fingerprint density at radius 2 is 2.13 bits per heavy atom. The van der Waals surface area contributed by atoms with Crippen LogP contribution in [0.3, 0.4) is 0 Å². The summed E-state index contributed by atoms with van der Waals surface area (Å²) in [5.74, 6) is 0.565. The Hall–Kier alpha value is -0.850. The van der Waals surface area contributed by atoms with Crippen molar-refractivity contribution in [2.75, 3.05) is 13.6 Å². The molecule has 0 aliphatic heterocycles. The number of aryl methyl sites for hydroxylation is 1. The van der Waals surface area contributed by atoms with Gasteiger partial charge in [0.1, 0.15) is 23.0 Å². The summed E-state index contributed by atoms with van der Waals surface area (Å²) < 4.78 is 30.1. The van der Waals surface area contributed by atoms with Crippen LogP contribution in [0.1, 0.15) is 18.4 Å². The van der Waals surface area contributed by atoms with E-state index < -0.39 is 10.0 Å². The molecule has 0 amide bonds. The van der Waals surface area contributed by atoms with Gasteiger partial charge in [0.25, 0.3) is 0 Å². The molecule has 1 N–H and O–H groups in total. The van der Waals surface area contributed by atoms with Crippen LogP contribution in [-0.2, 0) is 16.6 Å². The first-order chi connectivity index (χ1) is 6.93. The van der Waals surface area contributed by atoms with Crippen LogP contribution < -0.4 is 0 Å². The van der Waals surface area contributed by atoms with Crippen molar-refractivity contribution in [3.63, 3.8) is 0 Å². The van der Waals surface area contributed by atoms with Crippen LogP contribution >= 0.6 is 0 Å². The Bertz CT molecular complexity index is 435. The van der Waals surface area contributed by atoms with E-state index in [1.165, 1.54) is 17.4 Å². The number of nitrogens with zero attached hydrogens (tertiary/aromatic N) is 1. The van der Waals surface area contributed by atoms with Crippen molar-refractivity contribution in [1.82, 2.24) is 4.31 Å². The van der Waals surface area contributed by atoms with Gasteiger partial charge in [-0.1, -0.05) is 6.92 Å². The lowest BCUT2D eigenvalue weighted by atomic mass is 10.4. The molecule has 0 fully saturated rings. The van der Waals surface area contributed by atoms with Crippen molar-refractivity contribution in [1.29, 1.82) is 0 Å². The van der Waals surface area contributed by atoms with Crippen molar-refractivity contribution in [2.24, 2.45) is 0 Å². The molecule has 1 aromatic rings. The SMILES string of the molecule is CCN(C)S(=O)(=O)c1cc(CO)oc1C. The Labute approximate surface area is 89.4 Å². The lowest BCUT2D eigenvalue weighted by molar-refractivity contribution is 0.244. The highest BCUT2D eigenvalue weighted by Gasteiger charge is 2.24. The van der Waals surface area contributed by atoms with Gasteiger partial charge in [0.15, 0.2) is 0 Å². The Morgan fingerprint density at radius 1 is 1.53 bits per heavy atom. The molecule has 5 nitrogen and oxygen atoms in total. The maximum Gasteiger partial charge on any atom is 0.246 e. The topological polar surface area (TPSA) is 70.8 Å². The van der Waals surface area contributed by atoms with Gasteiger partial charge in [-0.3, -0.25) is 0 Å². The van der Waals surface area contributed by atoms with Gasteiger partial charge in [-0.05, 0) is 6.92 Å². The summed E-state index contributed by atoms with van der Waals surface area (Å²) in [5.41, 5.74) is 0. The fraction of sp³-hybridized carbons (Fsp3) is 0.556. The summed E-state index contributed by atoms with van der Waals surface area (Å²) in [5, 5.41) is 8.83. The number of furan rings is 1.